The van der Waals surface area contributed by atoms with Crippen molar-refractivity contribution in [2.75, 3.05) is 32.1 Å². The monoisotopic (exact) mass is 250 g/mol. The van der Waals surface area contributed by atoms with Crippen LogP contribution in [0, 0.1) is 0 Å². The van der Waals surface area contributed by atoms with Crippen molar-refractivity contribution in [3.05, 3.63) is 18.1 Å². The van der Waals surface area contributed by atoms with E-state index in [-0.39, 0.29) is 0 Å². The molecule has 0 radical (unpaired) electrons. The molecule has 2 rings (SSSR count). The van der Waals surface area contributed by atoms with E-state index in [1.807, 2.05) is 13.1 Å². The molecule has 18 heavy (non-hydrogen) atoms. The molecule has 100 valence electrons. The molecule has 0 aliphatic carbocycles. The Morgan fingerprint density at radius 2 is 2.33 bits per heavy atom. The van der Waals surface area contributed by atoms with Crippen molar-refractivity contribution < 1.29 is 4.74 Å². The fraction of sp³-hybridized carbons (Fsp3) is 0.692. The number of ether oxygens (including phenoxy) is 1. The maximum atomic E-state index is 5.42. The summed E-state index contributed by atoms with van der Waals surface area (Å²) in [6.45, 7) is 5.90. The summed E-state index contributed by atoms with van der Waals surface area (Å²) < 4.78 is 5.42. The molecule has 0 spiro atoms. The molecule has 1 aliphatic heterocycles. The molecule has 0 bridgehead atoms. The minimum Gasteiger partial charge on any atom is -0.380 e. The van der Waals surface area contributed by atoms with Crippen LogP contribution in [-0.4, -0.2) is 47.7 Å². The van der Waals surface area contributed by atoms with Gasteiger partial charge in [-0.05, 0) is 26.3 Å². The molecule has 1 unspecified atom stereocenters. The predicted octanol–water partition coefficient (Wildman–Crippen LogP) is 1.52. The zero-order valence-corrected chi connectivity index (χ0v) is 11.2. The molecule has 1 fully saturated rings. The van der Waals surface area contributed by atoms with Gasteiger partial charge < -0.3 is 10.1 Å². The van der Waals surface area contributed by atoms with E-state index < -0.39 is 0 Å². The Morgan fingerprint density at radius 1 is 1.44 bits per heavy atom. The van der Waals surface area contributed by atoms with Gasteiger partial charge >= 0.3 is 0 Å². The lowest BCUT2D eigenvalue weighted by Gasteiger charge is -2.31. The number of piperidine rings is 1. The fourth-order valence-corrected chi connectivity index (χ4v) is 2.29. The van der Waals surface area contributed by atoms with Crippen LogP contribution in [0.5, 0.6) is 0 Å². The van der Waals surface area contributed by atoms with Gasteiger partial charge in [0, 0.05) is 26.7 Å². The minimum absolute atomic E-state index is 0.368. The second-order valence-electron chi connectivity index (χ2n) is 4.66. The fourth-order valence-electron chi connectivity index (χ4n) is 2.29. The van der Waals surface area contributed by atoms with Gasteiger partial charge in [-0.3, -0.25) is 9.88 Å². The average Bonchev–Trinajstić information content (AvgIpc) is 2.42. The second-order valence-corrected chi connectivity index (χ2v) is 4.66. The van der Waals surface area contributed by atoms with Crippen LogP contribution < -0.4 is 5.32 Å². The quantitative estimate of drug-likeness (QED) is 0.858. The first-order chi connectivity index (χ1) is 8.81. The van der Waals surface area contributed by atoms with Gasteiger partial charge in [-0.2, -0.15) is 0 Å². The largest absolute Gasteiger partial charge is 0.380 e. The first-order valence-electron chi connectivity index (χ1n) is 6.61. The molecule has 1 saturated heterocycles. The van der Waals surface area contributed by atoms with Crippen molar-refractivity contribution in [3.63, 3.8) is 0 Å². The molecule has 1 atom stereocenters. The molecule has 5 heteroatoms. The summed E-state index contributed by atoms with van der Waals surface area (Å²) in [7, 11) is 1.79. The normalized spacial score (nSPS) is 20.9. The van der Waals surface area contributed by atoms with Crippen LogP contribution in [0.1, 0.15) is 25.5 Å². The predicted molar refractivity (Wildman–Crippen MR) is 71.5 cm³/mol. The summed E-state index contributed by atoms with van der Waals surface area (Å²) >= 11 is 0. The Bertz CT molecular complexity index is 355. The standard InChI is InChI=1S/C13H22N4O/c1-3-14-13-8-15-11(7-16-13)9-17-6-4-5-12(10-17)18-2/h7-8,12H,3-6,9-10H2,1-2H3,(H,14,16). The van der Waals surface area contributed by atoms with Crippen LogP contribution in [0.25, 0.3) is 0 Å². The number of methoxy groups -OCH3 is 1. The van der Waals surface area contributed by atoms with Gasteiger partial charge in [0.1, 0.15) is 5.82 Å². The lowest BCUT2D eigenvalue weighted by atomic mass is 10.1. The summed E-state index contributed by atoms with van der Waals surface area (Å²) in [6.07, 6.45) is 6.39. The van der Waals surface area contributed by atoms with E-state index in [0.717, 1.165) is 44.1 Å². The van der Waals surface area contributed by atoms with Gasteiger partial charge in [-0.1, -0.05) is 0 Å². The van der Waals surface area contributed by atoms with E-state index >= 15 is 0 Å². The van der Waals surface area contributed by atoms with E-state index in [0.29, 0.717) is 6.10 Å². The molecular formula is C13H22N4O. The first kappa shape index (κ1) is 13.2. The number of hydrogen-bond acceptors (Lipinski definition) is 5. The second kappa shape index (κ2) is 6.66. The maximum absolute atomic E-state index is 5.42. The molecular weight excluding hydrogens is 228 g/mol. The van der Waals surface area contributed by atoms with Crippen molar-refractivity contribution >= 4 is 5.82 Å². The van der Waals surface area contributed by atoms with Crippen molar-refractivity contribution in [2.45, 2.75) is 32.4 Å². The Hall–Kier alpha value is -1.20. The van der Waals surface area contributed by atoms with E-state index in [9.17, 15) is 0 Å². The summed E-state index contributed by atoms with van der Waals surface area (Å²) in [5.41, 5.74) is 1.02. The van der Waals surface area contributed by atoms with Crippen molar-refractivity contribution in [3.8, 4) is 0 Å². The maximum Gasteiger partial charge on any atom is 0.144 e. The highest BCUT2D eigenvalue weighted by Crippen LogP contribution is 2.14. The third kappa shape index (κ3) is 3.65. The lowest BCUT2D eigenvalue weighted by Crippen LogP contribution is -2.38. The van der Waals surface area contributed by atoms with Gasteiger partial charge in [0.15, 0.2) is 0 Å². The number of aromatic nitrogens is 2. The van der Waals surface area contributed by atoms with Gasteiger partial charge in [0.2, 0.25) is 0 Å². The zero-order valence-electron chi connectivity index (χ0n) is 11.2. The Labute approximate surface area is 109 Å². The van der Waals surface area contributed by atoms with Crippen LogP contribution in [0.4, 0.5) is 5.82 Å². The third-order valence-electron chi connectivity index (χ3n) is 3.24. The Kier molecular flexibility index (Phi) is 4.90. The van der Waals surface area contributed by atoms with E-state index in [1.54, 1.807) is 13.3 Å². The molecule has 5 nitrogen and oxygen atoms in total. The van der Waals surface area contributed by atoms with Gasteiger partial charge in [-0.15, -0.1) is 0 Å². The Morgan fingerprint density at radius 3 is 3.00 bits per heavy atom. The number of hydrogen-bond donors (Lipinski definition) is 1. The van der Waals surface area contributed by atoms with Crippen molar-refractivity contribution in [1.82, 2.24) is 14.9 Å². The highest BCUT2D eigenvalue weighted by Gasteiger charge is 2.19. The molecule has 0 amide bonds. The Balaban J connectivity index is 1.88. The van der Waals surface area contributed by atoms with Gasteiger partial charge in [0.25, 0.3) is 0 Å². The van der Waals surface area contributed by atoms with Crippen molar-refractivity contribution in [2.24, 2.45) is 0 Å². The van der Waals surface area contributed by atoms with Crippen LogP contribution in [0.15, 0.2) is 12.4 Å². The SMILES string of the molecule is CCNc1cnc(CN2CCCC(OC)C2)cn1. The summed E-state index contributed by atoms with van der Waals surface area (Å²) in [6, 6.07) is 0. The van der Waals surface area contributed by atoms with E-state index in [2.05, 4.69) is 20.2 Å². The van der Waals surface area contributed by atoms with E-state index in [1.165, 1.54) is 6.42 Å². The number of rotatable bonds is 5. The molecule has 1 aromatic rings. The van der Waals surface area contributed by atoms with Crippen LogP contribution in [-0.2, 0) is 11.3 Å². The molecule has 1 N–H and O–H groups in total. The number of anilines is 1. The molecule has 1 aliphatic rings. The summed E-state index contributed by atoms with van der Waals surface area (Å²) in [5.74, 6) is 0.842. The smallest absolute Gasteiger partial charge is 0.144 e. The third-order valence-corrected chi connectivity index (χ3v) is 3.24. The molecule has 0 saturated carbocycles. The van der Waals surface area contributed by atoms with Crippen molar-refractivity contribution in [1.29, 1.82) is 0 Å². The molecule has 2 heterocycles. The summed E-state index contributed by atoms with van der Waals surface area (Å²) in [5, 5.41) is 3.15. The zero-order chi connectivity index (χ0) is 12.8. The minimum atomic E-state index is 0.368. The average molecular weight is 250 g/mol. The lowest BCUT2D eigenvalue weighted by molar-refractivity contribution is 0.0281. The van der Waals surface area contributed by atoms with E-state index in [4.69, 9.17) is 4.74 Å². The first-order valence-corrected chi connectivity index (χ1v) is 6.61. The highest BCUT2D eigenvalue weighted by molar-refractivity contribution is 5.30. The molecule has 0 aromatic carbocycles. The van der Waals surface area contributed by atoms with Crippen LogP contribution in [0.3, 0.4) is 0 Å². The topological polar surface area (TPSA) is 50.3 Å². The number of nitrogens with zero attached hydrogens (tertiary/aromatic N) is 3. The van der Waals surface area contributed by atoms with Gasteiger partial charge in [0.05, 0.1) is 24.2 Å². The van der Waals surface area contributed by atoms with Crippen LogP contribution in [0.2, 0.25) is 0 Å². The summed E-state index contributed by atoms with van der Waals surface area (Å²) in [4.78, 5) is 11.2. The van der Waals surface area contributed by atoms with Crippen LogP contribution >= 0.6 is 0 Å². The number of nitrogens with one attached hydrogen (secondary N) is 1. The van der Waals surface area contributed by atoms with Gasteiger partial charge in [-0.25, -0.2) is 4.98 Å². The highest BCUT2D eigenvalue weighted by atomic mass is 16.5. The number of likely N-dealkylation sites (tertiary alicyclic amines) is 1. The molecule has 1 aromatic heterocycles.